The summed E-state index contributed by atoms with van der Waals surface area (Å²) in [5, 5.41) is 0. The zero-order valence-electron chi connectivity index (χ0n) is 10.3. The van der Waals surface area contributed by atoms with Crippen LogP contribution in [0.1, 0.15) is 39.5 Å². The lowest BCUT2D eigenvalue weighted by atomic mass is 10.0. The summed E-state index contributed by atoms with van der Waals surface area (Å²) in [6.07, 6.45) is 5.27. The second-order valence-corrected chi connectivity index (χ2v) is 5.86. The fourth-order valence-electron chi connectivity index (χ4n) is 3.62. The molecule has 0 amide bonds. The van der Waals surface area contributed by atoms with Crippen LogP contribution in [0.4, 0.5) is 0 Å². The number of nitrogens with two attached hydrogens (primary N) is 1. The number of hydrogen-bond acceptors (Lipinski definition) is 2. The van der Waals surface area contributed by atoms with Gasteiger partial charge < -0.3 is 10.6 Å². The highest BCUT2D eigenvalue weighted by Crippen LogP contribution is 2.37. The highest BCUT2D eigenvalue weighted by Gasteiger charge is 2.39. The lowest BCUT2D eigenvalue weighted by molar-refractivity contribution is 0.258. The molecule has 15 heavy (non-hydrogen) atoms. The highest BCUT2D eigenvalue weighted by molar-refractivity contribution is 4.93. The minimum Gasteiger partial charge on any atom is -0.328 e. The molecule has 2 aliphatic rings. The van der Waals surface area contributed by atoms with Crippen molar-refractivity contribution in [2.75, 3.05) is 19.6 Å². The monoisotopic (exact) mass is 210 g/mol. The Morgan fingerprint density at radius 1 is 1.27 bits per heavy atom. The fraction of sp³-hybridized carbons (Fsp3) is 1.00. The summed E-state index contributed by atoms with van der Waals surface area (Å²) in [5.74, 6) is 2.73. The zero-order chi connectivity index (χ0) is 10.8. The van der Waals surface area contributed by atoms with Gasteiger partial charge in [0.1, 0.15) is 0 Å². The Balaban J connectivity index is 1.75. The predicted molar refractivity (Wildman–Crippen MR) is 64.7 cm³/mol. The van der Waals surface area contributed by atoms with E-state index < -0.39 is 0 Å². The summed E-state index contributed by atoms with van der Waals surface area (Å²) in [7, 11) is 0. The van der Waals surface area contributed by atoms with Gasteiger partial charge in [0.05, 0.1) is 0 Å². The zero-order valence-corrected chi connectivity index (χ0v) is 10.3. The van der Waals surface area contributed by atoms with E-state index in [9.17, 15) is 0 Å². The van der Waals surface area contributed by atoms with Crippen LogP contribution < -0.4 is 5.73 Å². The van der Waals surface area contributed by atoms with Crippen molar-refractivity contribution < 1.29 is 0 Å². The average Bonchev–Trinajstić information content (AvgIpc) is 2.60. The van der Waals surface area contributed by atoms with Gasteiger partial charge in [0.2, 0.25) is 0 Å². The molecule has 1 aliphatic heterocycles. The predicted octanol–water partition coefficient (Wildman–Crippen LogP) is 2.09. The highest BCUT2D eigenvalue weighted by atomic mass is 15.2. The van der Waals surface area contributed by atoms with Crippen molar-refractivity contribution in [1.82, 2.24) is 4.90 Å². The lowest BCUT2D eigenvalue weighted by Gasteiger charge is -2.21. The number of hydrogen-bond donors (Lipinski definition) is 1. The van der Waals surface area contributed by atoms with E-state index >= 15 is 0 Å². The van der Waals surface area contributed by atoms with E-state index in [0.717, 1.165) is 17.8 Å². The Labute approximate surface area is 94.2 Å². The number of fused-ring (bicyclic) bond motifs is 1. The van der Waals surface area contributed by atoms with Gasteiger partial charge >= 0.3 is 0 Å². The first-order chi connectivity index (χ1) is 7.19. The molecule has 0 aromatic heterocycles. The molecule has 2 rings (SSSR count). The van der Waals surface area contributed by atoms with Gasteiger partial charge in [-0.25, -0.2) is 0 Å². The molecule has 1 saturated heterocycles. The van der Waals surface area contributed by atoms with Gasteiger partial charge in [-0.2, -0.15) is 0 Å². The third-order valence-corrected chi connectivity index (χ3v) is 4.21. The number of nitrogens with zero attached hydrogens (tertiary/aromatic N) is 1. The first kappa shape index (κ1) is 11.4. The molecule has 1 aliphatic carbocycles. The summed E-state index contributed by atoms with van der Waals surface area (Å²) >= 11 is 0. The lowest BCUT2D eigenvalue weighted by Crippen LogP contribution is -2.29. The van der Waals surface area contributed by atoms with Crippen LogP contribution in [0.25, 0.3) is 0 Å². The van der Waals surface area contributed by atoms with Crippen LogP contribution in [0.3, 0.4) is 0 Å². The molecule has 1 saturated carbocycles. The second-order valence-electron chi connectivity index (χ2n) is 5.86. The van der Waals surface area contributed by atoms with Crippen molar-refractivity contribution in [1.29, 1.82) is 0 Å². The van der Waals surface area contributed by atoms with E-state index in [0.29, 0.717) is 6.04 Å². The standard InChI is InChI=1S/C13H26N2/c1-3-4-10(2)7-15-8-11-5-13(14)6-12(11)9-15/h10-13H,3-9,14H2,1-2H3/t10?,11-,12?,13+/m1/s1. The first-order valence-corrected chi connectivity index (χ1v) is 6.67. The van der Waals surface area contributed by atoms with Gasteiger partial charge in [0.15, 0.2) is 0 Å². The van der Waals surface area contributed by atoms with Crippen LogP contribution >= 0.6 is 0 Å². The molecule has 0 radical (unpaired) electrons. The smallest absolute Gasteiger partial charge is 0.00452 e. The largest absolute Gasteiger partial charge is 0.328 e. The molecule has 1 heterocycles. The Kier molecular flexibility index (Phi) is 3.68. The minimum atomic E-state index is 0.509. The summed E-state index contributed by atoms with van der Waals surface area (Å²) in [6, 6.07) is 0.509. The Hall–Kier alpha value is -0.0800. The molecule has 0 spiro atoms. The van der Waals surface area contributed by atoms with E-state index in [1.807, 2.05) is 0 Å². The Morgan fingerprint density at radius 3 is 2.40 bits per heavy atom. The summed E-state index contributed by atoms with van der Waals surface area (Å²) in [6.45, 7) is 8.65. The van der Waals surface area contributed by atoms with E-state index in [1.54, 1.807) is 0 Å². The minimum absolute atomic E-state index is 0.509. The molecule has 0 aromatic rings. The summed E-state index contributed by atoms with van der Waals surface area (Å²) < 4.78 is 0. The molecular formula is C13H26N2. The van der Waals surface area contributed by atoms with Crippen LogP contribution in [0.5, 0.6) is 0 Å². The molecule has 4 atom stereocenters. The van der Waals surface area contributed by atoms with Crippen LogP contribution in [0.2, 0.25) is 0 Å². The van der Waals surface area contributed by atoms with Crippen molar-refractivity contribution in [2.45, 2.75) is 45.6 Å². The maximum Gasteiger partial charge on any atom is 0.00452 e. The molecule has 0 aromatic carbocycles. The van der Waals surface area contributed by atoms with E-state index in [4.69, 9.17) is 5.73 Å². The average molecular weight is 210 g/mol. The van der Waals surface area contributed by atoms with Gasteiger partial charge in [-0.1, -0.05) is 20.3 Å². The summed E-state index contributed by atoms with van der Waals surface area (Å²) in [4.78, 5) is 2.68. The van der Waals surface area contributed by atoms with Crippen LogP contribution in [0.15, 0.2) is 0 Å². The van der Waals surface area contributed by atoms with Crippen LogP contribution in [0, 0.1) is 17.8 Å². The molecule has 2 fully saturated rings. The van der Waals surface area contributed by atoms with Gasteiger partial charge in [-0.3, -0.25) is 0 Å². The van der Waals surface area contributed by atoms with Crippen molar-refractivity contribution in [3.05, 3.63) is 0 Å². The molecule has 88 valence electrons. The quantitative estimate of drug-likeness (QED) is 0.770. The maximum absolute atomic E-state index is 6.00. The molecule has 2 unspecified atom stereocenters. The SMILES string of the molecule is CCCC(C)CN1CC2C[C@@H](N)C[C@@H]2C1. The van der Waals surface area contributed by atoms with Crippen molar-refractivity contribution in [3.8, 4) is 0 Å². The van der Waals surface area contributed by atoms with Crippen molar-refractivity contribution >= 4 is 0 Å². The fourth-order valence-corrected chi connectivity index (χ4v) is 3.62. The third-order valence-electron chi connectivity index (χ3n) is 4.21. The van der Waals surface area contributed by atoms with Gasteiger partial charge in [0, 0.05) is 25.7 Å². The van der Waals surface area contributed by atoms with E-state index in [-0.39, 0.29) is 0 Å². The molecule has 2 N–H and O–H groups in total. The van der Waals surface area contributed by atoms with Gasteiger partial charge in [-0.05, 0) is 37.0 Å². The number of rotatable bonds is 4. The third kappa shape index (κ3) is 2.73. The molecule has 0 bridgehead atoms. The topological polar surface area (TPSA) is 29.3 Å². The van der Waals surface area contributed by atoms with Gasteiger partial charge in [0.25, 0.3) is 0 Å². The van der Waals surface area contributed by atoms with E-state index in [2.05, 4.69) is 18.7 Å². The number of likely N-dealkylation sites (tertiary alicyclic amines) is 1. The molecule has 2 nitrogen and oxygen atoms in total. The van der Waals surface area contributed by atoms with E-state index in [1.165, 1.54) is 45.3 Å². The molecule has 2 heteroatoms. The molecular weight excluding hydrogens is 184 g/mol. The van der Waals surface area contributed by atoms with Gasteiger partial charge in [-0.15, -0.1) is 0 Å². The summed E-state index contributed by atoms with van der Waals surface area (Å²) in [5.41, 5.74) is 6.00. The Morgan fingerprint density at radius 2 is 1.87 bits per heavy atom. The Bertz CT molecular complexity index is 188. The maximum atomic E-state index is 6.00. The van der Waals surface area contributed by atoms with Crippen molar-refractivity contribution in [3.63, 3.8) is 0 Å². The second kappa shape index (κ2) is 4.84. The first-order valence-electron chi connectivity index (χ1n) is 6.67. The van der Waals surface area contributed by atoms with Crippen LogP contribution in [-0.2, 0) is 0 Å². The van der Waals surface area contributed by atoms with Crippen LogP contribution in [-0.4, -0.2) is 30.6 Å². The normalized spacial score (nSPS) is 38.2. The van der Waals surface area contributed by atoms with Crippen molar-refractivity contribution in [2.24, 2.45) is 23.5 Å².